The zero-order valence-corrected chi connectivity index (χ0v) is 19.4. The molecule has 34 heavy (non-hydrogen) atoms. The number of anilines is 1. The predicted molar refractivity (Wildman–Crippen MR) is 120 cm³/mol. The monoisotopic (exact) mass is 476 g/mol. The molecule has 182 valence electrons. The molecule has 0 radical (unpaired) electrons. The molecule has 0 aliphatic carbocycles. The minimum Gasteiger partial charge on any atom is -0.378 e. The number of hydrogen-bond acceptors (Lipinski definition) is 6. The molecule has 1 amide bonds. The number of ether oxygens (including phenoxy) is 1. The molecule has 3 heterocycles. The van der Waals surface area contributed by atoms with Crippen molar-refractivity contribution in [2.45, 2.75) is 39.4 Å². The van der Waals surface area contributed by atoms with Gasteiger partial charge >= 0.3 is 6.18 Å². The lowest BCUT2D eigenvalue weighted by Gasteiger charge is -2.29. The number of halogens is 3. The van der Waals surface area contributed by atoms with E-state index in [-0.39, 0.29) is 18.1 Å². The van der Waals surface area contributed by atoms with Crippen molar-refractivity contribution in [2.75, 3.05) is 38.3 Å². The highest BCUT2D eigenvalue weighted by molar-refractivity contribution is 5.76. The molecule has 0 atom stereocenters. The van der Waals surface area contributed by atoms with Crippen molar-refractivity contribution in [1.82, 2.24) is 24.5 Å². The summed E-state index contributed by atoms with van der Waals surface area (Å²) in [4.78, 5) is 24.3. The number of carbonyl (C=O) groups excluding carboxylic acids is 1. The maximum atomic E-state index is 13.0. The summed E-state index contributed by atoms with van der Waals surface area (Å²) in [6.07, 6.45) is -4.09. The highest BCUT2D eigenvalue weighted by atomic mass is 19.4. The van der Waals surface area contributed by atoms with Crippen molar-refractivity contribution in [3.8, 4) is 0 Å². The summed E-state index contributed by atoms with van der Waals surface area (Å²) in [5.41, 5.74) is 3.89. The van der Waals surface area contributed by atoms with Gasteiger partial charge in [0, 0.05) is 50.2 Å². The van der Waals surface area contributed by atoms with Gasteiger partial charge in [-0.3, -0.25) is 4.79 Å². The third-order valence-electron chi connectivity index (χ3n) is 6.05. The first-order valence-corrected chi connectivity index (χ1v) is 11.1. The van der Waals surface area contributed by atoms with E-state index in [0.29, 0.717) is 29.9 Å². The fourth-order valence-electron chi connectivity index (χ4n) is 4.11. The highest BCUT2D eigenvalue weighted by Gasteiger charge is 2.37. The topological polar surface area (TPSA) is 75.9 Å². The van der Waals surface area contributed by atoms with Crippen LogP contribution in [0, 0.1) is 13.8 Å². The Labute approximate surface area is 195 Å². The second-order valence-corrected chi connectivity index (χ2v) is 8.42. The first kappa shape index (κ1) is 23.9. The summed E-state index contributed by atoms with van der Waals surface area (Å²) in [6, 6.07) is 8.15. The van der Waals surface area contributed by atoms with E-state index in [1.807, 2.05) is 12.1 Å². The second-order valence-electron chi connectivity index (χ2n) is 8.42. The number of nitrogens with zero attached hydrogens (tertiary/aromatic N) is 6. The van der Waals surface area contributed by atoms with Crippen LogP contribution in [0.1, 0.15) is 34.8 Å². The van der Waals surface area contributed by atoms with Crippen LogP contribution < -0.4 is 4.90 Å². The first-order valence-electron chi connectivity index (χ1n) is 11.1. The van der Waals surface area contributed by atoms with Crippen LogP contribution in [0.25, 0.3) is 5.78 Å². The van der Waals surface area contributed by atoms with Crippen LogP contribution in [0.3, 0.4) is 0 Å². The number of hydrogen-bond donors (Lipinski definition) is 0. The van der Waals surface area contributed by atoms with Gasteiger partial charge in [0.25, 0.3) is 11.6 Å². The van der Waals surface area contributed by atoms with Gasteiger partial charge in [0.05, 0.1) is 13.2 Å². The van der Waals surface area contributed by atoms with Gasteiger partial charge < -0.3 is 14.5 Å². The summed E-state index contributed by atoms with van der Waals surface area (Å²) in [5.74, 6) is -1.39. The number of rotatable bonds is 6. The third-order valence-corrected chi connectivity index (χ3v) is 6.05. The number of aryl methyl sites for hydroxylation is 2. The lowest BCUT2D eigenvalue weighted by atomic mass is 10.1. The molecule has 0 bridgehead atoms. The van der Waals surface area contributed by atoms with Gasteiger partial charge in [-0.25, -0.2) is 9.50 Å². The van der Waals surface area contributed by atoms with Gasteiger partial charge in [-0.1, -0.05) is 12.1 Å². The average molecular weight is 477 g/mol. The number of alkyl halides is 3. The minimum atomic E-state index is -4.65. The molecule has 0 N–H and O–H groups in total. The molecule has 3 aromatic rings. The lowest BCUT2D eigenvalue weighted by molar-refractivity contribution is -0.144. The molecule has 2 aromatic heterocycles. The summed E-state index contributed by atoms with van der Waals surface area (Å²) in [5, 5.41) is 3.56. The van der Waals surface area contributed by atoms with E-state index in [9.17, 15) is 18.0 Å². The molecule has 1 saturated heterocycles. The zero-order chi connectivity index (χ0) is 24.5. The molecule has 1 aliphatic rings. The molecule has 4 rings (SSSR count). The quantitative estimate of drug-likeness (QED) is 0.544. The highest BCUT2D eigenvalue weighted by Crippen LogP contribution is 2.27. The minimum absolute atomic E-state index is 0.0641. The normalized spacial score (nSPS) is 14.6. The summed E-state index contributed by atoms with van der Waals surface area (Å²) in [7, 11) is 1.74. The van der Waals surface area contributed by atoms with Crippen molar-refractivity contribution in [3.05, 3.63) is 52.6 Å². The number of fused-ring (bicyclic) bond motifs is 1. The third kappa shape index (κ3) is 5.14. The van der Waals surface area contributed by atoms with E-state index in [0.717, 1.165) is 42.1 Å². The number of amides is 1. The molecule has 8 nitrogen and oxygen atoms in total. The fraction of sp³-hybridized carbons (Fsp3) is 0.478. The molecule has 11 heteroatoms. The molecule has 1 fully saturated rings. The summed E-state index contributed by atoms with van der Waals surface area (Å²) in [6.45, 7) is 7.01. The first-order chi connectivity index (χ1) is 16.1. The van der Waals surface area contributed by atoms with Gasteiger partial charge in [0.15, 0.2) is 0 Å². The van der Waals surface area contributed by atoms with Crippen LogP contribution >= 0.6 is 0 Å². The van der Waals surface area contributed by atoms with Crippen molar-refractivity contribution >= 4 is 17.4 Å². The zero-order valence-electron chi connectivity index (χ0n) is 19.4. The molecule has 1 aliphatic heterocycles. The van der Waals surface area contributed by atoms with Gasteiger partial charge in [0.1, 0.15) is 0 Å². The van der Waals surface area contributed by atoms with Gasteiger partial charge in [-0.2, -0.15) is 18.2 Å². The Kier molecular flexibility index (Phi) is 6.74. The van der Waals surface area contributed by atoms with Gasteiger partial charge in [-0.15, -0.1) is 5.10 Å². The average Bonchev–Trinajstić information content (AvgIpc) is 3.25. The Morgan fingerprint density at radius 1 is 1.12 bits per heavy atom. The standard InChI is InChI=1S/C23H27F3N6O2/c1-15-19(16(2)32-22(27-15)28-21(29-32)23(24,25)26)8-9-20(33)30(3)14-17-4-6-18(7-5-17)31-10-12-34-13-11-31/h4-7H,8-14H2,1-3H3. The second kappa shape index (κ2) is 9.57. The predicted octanol–water partition coefficient (Wildman–Crippen LogP) is 3.19. The van der Waals surface area contributed by atoms with E-state index in [1.165, 1.54) is 0 Å². The Hall–Kier alpha value is -3.21. The Morgan fingerprint density at radius 3 is 2.44 bits per heavy atom. The van der Waals surface area contributed by atoms with E-state index < -0.39 is 12.0 Å². The Bertz CT molecular complexity index is 1170. The van der Waals surface area contributed by atoms with Gasteiger partial charge in [-0.05, 0) is 43.5 Å². The number of aromatic nitrogens is 4. The van der Waals surface area contributed by atoms with Crippen molar-refractivity contribution in [1.29, 1.82) is 0 Å². The number of benzene rings is 1. The van der Waals surface area contributed by atoms with E-state index >= 15 is 0 Å². The SMILES string of the molecule is Cc1nc2nc(C(F)(F)F)nn2c(C)c1CCC(=O)N(C)Cc1ccc(N2CCOCC2)cc1. The Morgan fingerprint density at radius 2 is 1.79 bits per heavy atom. The summed E-state index contributed by atoms with van der Waals surface area (Å²) >= 11 is 0. The van der Waals surface area contributed by atoms with Crippen molar-refractivity contribution in [2.24, 2.45) is 0 Å². The number of carbonyl (C=O) groups is 1. The van der Waals surface area contributed by atoms with Crippen LogP contribution in [0.4, 0.5) is 18.9 Å². The maximum absolute atomic E-state index is 13.0. The molecule has 0 unspecified atom stereocenters. The van der Waals surface area contributed by atoms with E-state index in [1.54, 1.807) is 25.8 Å². The molecule has 0 spiro atoms. The smallest absolute Gasteiger partial charge is 0.378 e. The maximum Gasteiger partial charge on any atom is 0.453 e. The van der Waals surface area contributed by atoms with E-state index in [4.69, 9.17) is 4.74 Å². The van der Waals surface area contributed by atoms with Crippen LogP contribution in [-0.2, 0) is 28.7 Å². The molecule has 1 aromatic carbocycles. The molecular formula is C23H27F3N6O2. The van der Waals surface area contributed by atoms with Crippen LogP contribution in [0.2, 0.25) is 0 Å². The van der Waals surface area contributed by atoms with E-state index in [2.05, 4.69) is 32.1 Å². The Balaban J connectivity index is 1.39. The van der Waals surface area contributed by atoms with Crippen LogP contribution in [0.15, 0.2) is 24.3 Å². The lowest BCUT2D eigenvalue weighted by Crippen LogP contribution is -2.36. The largest absolute Gasteiger partial charge is 0.453 e. The molecular weight excluding hydrogens is 449 g/mol. The fourth-order valence-corrected chi connectivity index (χ4v) is 4.11. The van der Waals surface area contributed by atoms with Crippen molar-refractivity contribution < 1.29 is 22.7 Å². The van der Waals surface area contributed by atoms with Crippen molar-refractivity contribution in [3.63, 3.8) is 0 Å². The summed E-state index contributed by atoms with van der Waals surface area (Å²) < 4.78 is 45.4. The van der Waals surface area contributed by atoms with Crippen LogP contribution in [0.5, 0.6) is 0 Å². The molecule has 0 saturated carbocycles. The number of morpholine rings is 1. The van der Waals surface area contributed by atoms with Gasteiger partial charge in [0.2, 0.25) is 5.91 Å². The van der Waals surface area contributed by atoms with Crippen LogP contribution in [-0.4, -0.2) is 63.7 Å².